The van der Waals surface area contributed by atoms with Gasteiger partial charge in [0.2, 0.25) is 5.95 Å². The lowest BCUT2D eigenvalue weighted by Gasteiger charge is -2.37. The molecule has 0 aliphatic carbocycles. The van der Waals surface area contributed by atoms with E-state index in [-0.39, 0.29) is 11.7 Å². The van der Waals surface area contributed by atoms with E-state index in [2.05, 4.69) is 23.6 Å². The second-order valence-corrected chi connectivity index (χ2v) is 10.1. The molecule has 2 saturated heterocycles. The zero-order valence-electron chi connectivity index (χ0n) is 19.8. The van der Waals surface area contributed by atoms with E-state index in [0.29, 0.717) is 25.1 Å². The van der Waals surface area contributed by atoms with E-state index in [1.165, 1.54) is 25.0 Å². The van der Waals surface area contributed by atoms with Crippen LogP contribution in [-0.4, -0.2) is 53.5 Å². The molecule has 4 heterocycles. The summed E-state index contributed by atoms with van der Waals surface area (Å²) >= 11 is 0. The minimum absolute atomic E-state index is 0.132. The van der Waals surface area contributed by atoms with E-state index in [1.54, 1.807) is 12.1 Å². The Morgan fingerprint density at radius 3 is 2.27 bits per heavy atom. The second kappa shape index (κ2) is 9.27. The molecule has 5 rings (SSSR count). The van der Waals surface area contributed by atoms with Gasteiger partial charge in [0.1, 0.15) is 11.6 Å². The Bertz CT molecular complexity index is 1010. The fourth-order valence-corrected chi connectivity index (χ4v) is 5.19. The summed E-state index contributed by atoms with van der Waals surface area (Å²) in [6.45, 7) is 9.66. The zero-order valence-corrected chi connectivity index (χ0v) is 19.8. The van der Waals surface area contributed by atoms with Crippen LogP contribution in [0.1, 0.15) is 61.1 Å². The van der Waals surface area contributed by atoms with E-state index in [1.807, 2.05) is 4.90 Å². The fraction of sp³-hybridized carbons (Fsp3) is 0.577. The highest BCUT2D eigenvalue weighted by Crippen LogP contribution is 2.33. The quantitative estimate of drug-likeness (QED) is 0.697. The number of fused-ring (bicyclic) bond motifs is 1. The number of carbonyl (C=O) groups excluding carboxylic acids is 1. The standard InChI is InChI=1S/C26H34FN5O/c1-18-6-11-30(12-7-18)24-22-17-32(25(33)20-4-3-5-21(27)16-20)15-10-23(22)28-26(29-24)31-13-8-19(2)9-14-31/h3-5,16,18-19H,6-15,17H2,1-2H3. The summed E-state index contributed by atoms with van der Waals surface area (Å²) < 4.78 is 13.7. The number of piperidine rings is 2. The van der Waals surface area contributed by atoms with Gasteiger partial charge in [0.25, 0.3) is 5.91 Å². The molecule has 0 spiro atoms. The maximum atomic E-state index is 13.7. The van der Waals surface area contributed by atoms with Gasteiger partial charge in [-0.05, 0) is 55.7 Å². The maximum absolute atomic E-state index is 13.7. The Morgan fingerprint density at radius 1 is 0.939 bits per heavy atom. The molecule has 3 aliphatic rings. The van der Waals surface area contributed by atoms with Crippen molar-refractivity contribution in [3.05, 3.63) is 46.9 Å². The number of hydrogen-bond acceptors (Lipinski definition) is 5. The summed E-state index contributed by atoms with van der Waals surface area (Å²) in [5, 5.41) is 0. The average molecular weight is 452 g/mol. The number of amides is 1. The van der Waals surface area contributed by atoms with Gasteiger partial charge in [-0.2, -0.15) is 4.98 Å². The first-order valence-corrected chi connectivity index (χ1v) is 12.4. The fourth-order valence-electron chi connectivity index (χ4n) is 5.19. The van der Waals surface area contributed by atoms with Crippen LogP contribution in [0, 0.1) is 17.7 Å². The van der Waals surface area contributed by atoms with E-state index in [9.17, 15) is 9.18 Å². The van der Waals surface area contributed by atoms with Gasteiger partial charge >= 0.3 is 0 Å². The molecule has 1 amide bonds. The summed E-state index contributed by atoms with van der Waals surface area (Å²) in [7, 11) is 0. The first-order chi connectivity index (χ1) is 16.0. The highest BCUT2D eigenvalue weighted by atomic mass is 19.1. The summed E-state index contributed by atoms with van der Waals surface area (Å²) in [5.41, 5.74) is 2.52. The lowest BCUT2D eigenvalue weighted by molar-refractivity contribution is 0.0733. The smallest absolute Gasteiger partial charge is 0.254 e. The Hall–Kier alpha value is -2.70. The van der Waals surface area contributed by atoms with Crippen LogP contribution in [0.25, 0.3) is 0 Å². The molecule has 33 heavy (non-hydrogen) atoms. The molecule has 0 saturated carbocycles. The van der Waals surface area contributed by atoms with Crippen molar-refractivity contribution in [1.29, 1.82) is 0 Å². The number of benzene rings is 1. The molecule has 6 nitrogen and oxygen atoms in total. The van der Waals surface area contributed by atoms with Gasteiger partial charge < -0.3 is 14.7 Å². The Kier molecular flexibility index (Phi) is 6.21. The molecule has 0 atom stereocenters. The number of rotatable bonds is 3. The van der Waals surface area contributed by atoms with Crippen LogP contribution in [0.3, 0.4) is 0 Å². The van der Waals surface area contributed by atoms with Crippen LogP contribution >= 0.6 is 0 Å². The third kappa shape index (κ3) is 4.68. The predicted molar refractivity (Wildman–Crippen MR) is 128 cm³/mol. The molecule has 1 aromatic heterocycles. The summed E-state index contributed by atoms with van der Waals surface area (Å²) in [5.74, 6) is 2.81. The topological polar surface area (TPSA) is 52.6 Å². The number of nitrogens with zero attached hydrogens (tertiary/aromatic N) is 5. The number of hydrogen-bond donors (Lipinski definition) is 0. The molecule has 0 radical (unpaired) electrons. The average Bonchev–Trinajstić information content (AvgIpc) is 2.83. The van der Waals surface area contributed by atoms with Crippen LogP contribution in [0.15, 0.2) is 24.3 Å². The van der Waals surface area contributed by atoms with E-state index in [0.717, 1.165) is 73.9 Å². The highest BCUT2D eigenvalue weighted by Gasteiger charge is 2.31. The van der Waals surface area contributed by atoms with E-state index < -0.39 is 0 Å². The van der Waals surface area contributed by atoms with Crippen molar-refractivity contribution >= 4 is 17.7 Å². The number of halogens is 1. The van der Waals surface area contributed by atoms with Crippen molar-refractivity contribution in [2.75, 3.05) is 42.5 Å². The van der Waals surface area contributed by atoms with Gasteiger partial charge in [0.05, 0.1) is 12.2 Å². The second-order valence-electron chi connectivity index (χ2n) is 10.1. The number of carbonyl (C=O) groups is 1. The van der Waals surface area contributed by atoms with Crippen molar-refractivity contribution in [3.63, 3.8) is 0 Å². The Morgan fingerprint density at radius 2 is 1.61 bits per heavy atom. The minimum atomic E-state index is -0.384. The van der Waals surface area contributed by atoms with Crippen LogP contribution in [0.4, 0.5) is 16.2 Å². The van der Waals surface area contributed by atoms with Crippen LogP contribution < -0.4 is 9.80 Å². The van der Waals surface area contributed by atoms with E-state index in [4.69, 9.17) is 9.97 Å². The molecule has 0 N–H and O–H groups in total. The zero-order chi connectivity index (χ0) is 22.9. The highest BCUT2D eigenvalue weighted by molar-refractivity contribution is 5.94. The molecular formula is C26H34FN5O. The molecule has 0 unspecified atom stereocenters. The molecule has 176 valence electrons. The van der Waals surface area contributed by atoms with Crippen LogP contribution in [0.2, 0.25) is 0 Å². The van der Waals surface area contributed by atoms with Crippen LogP contribution in [-0.2, 0) is 13.0 Å². The summed E-state index contributed by atoms with van der Waals surface area (Å²) in [6, 6.07) is 5.97. The lowest BCUT2D eigenvalue weighted by atomic mass is 9.97. The molecule has 0 bridgehead atoms. The molecule has 1 aromatic carbocycles. The molecule has 7 heteroatoms. The number of anilines is 2. The van der Waals surface area contributed by atoms with Gasteiger partial charge in [0, 0.05) is 50.3 Å². The van der Waals surface area contributed by atoms with Gasteiger partial charge in [-0.25, -0.2) is 9.37 Å². The third-order valence-electron chi connectivity index (χ3n) is 7.54. The Balaban J connectivity index is 1.46. The summed E-state index contributed by atoms with van der Waals surface area (Å²) in [6.07, 6.45) is 5.36. The van der Waals surface area contributed by atoms with Gasteiger partial charge in [-0.1, -0.05) is 19.9 Å². The first-order valence-electron chi connectivity index (χ1n) is 12.4. The van der Waals surface area contributed by atoms with Gasteiger partial charge in [-0.3, -0.25) is 4.79 Å². The SMILES string of the molecule is CC1CCN(c2nc3c(c(N4CCC(C)CC4)n2)CN(C(=O)c2cccc(F)c2)CC3)CC1. The van der Waals surface area contributed by atoms with Crippen molar-refractivity contribution in [3.8, 4) is 0 Å². The van der Waals surface area contributed by atoms with Crippen molar-refractivity contribution in [2.45, 2.75) is 52.5 Å². The van der Waals surface area contributed by atoms with Crippen molar-refractivity contribution in [1.82, 2.24) is 14.9 Å². The van der Waals surface area contributed by atoms with Gasteiger partial charge in [-0.15, -0.1) is 0 Å². The normalized spacial score (nSPS) is 20.2. The largest absolute Gasteiger partial charge is 0.356 e. The van der Waals surface area contributed by atoms with Crippen molar-refractivity contribution < 1.29 is 9.18 Å². The maximum Gasteiger partial charge on any atom is 0.254 e. The molecule has 2 fully saturated rings. The molecular weight excluding hydrogens is 417 g/mol. The van der Waals surface area contributed by atoms with Gasteiger partial charge in [0.15, 0.2) is 0 Å². The Labute approximate surface area is 195 Å². The first kappa shape index (κ1) is 22.1. The monoisotopic (exact) mass is 451 g/mol. The minimum Gasteiger partial charge on any atom is -0.356 e. The molecule has 3 aliphatic heterocycles. The number of aromatic nitrogens is 2. The van der Waals surface area contributed by atoms with Crippen LogP contribution in [0.5, 0.6) is 0 Å². The molecule has 2 aromatic rings. The third-order valence-corrected chi connectivity index (χ3v) is 7.54. The summed E-state index contributed by atoms with van der Waals surface area (Å²) in [4.78, 5) is 29.8. The van der Waals surface area contributed by atoms with Crippen molar-refractivity contribution in [2.24, 2.45) is 11.8 Å². The lowest BCUT2D eigenvalue weighted by Crippen LogP contribution is -2.41. The predicted octanol–water partition coefficient (Wildman–Crippen LogP) is 4.29. The van der Waals surface area contributed by atoms with E-state index >= 15 is 0 Å².